The predicted octanol–water partition coefficient (Wildman–Crippen LogP) is 2.05. The van der Waals surface area contributed by atoms with Gasteiger partial charge in [0.1, 0.15) is 13.2 Å². The first kappa shape index (κ1) is 19.8. The van der Waals surface area contributed by atoms with E-state index in [2.05, 4.69) is 20.8 Å². The van der Waals surface area contributed by atoms with Crippen molar-refractivity contribution in [3.8, 4) is 11.5 Å². The number of rotatable bonds is 4. The van der Waals surface area contributed by atoms with E-state index >= 15 is 0 Å². The minimum Gasteiger partial charge on any atom is -0.486 e. The summed E-state index contributed by atoms with van der Waals surface area (Å²) in [6.07, 6.45) is -4.65. The van der Waals surface area contributed by atoms with E-state index in [-0.39, 0.29) is 10.9 Å². The van der Waals surface area contributed by atoms with Crippen molar-refractivity contribution < 1.29 is 32.2 Å². The number of nitrogens with one attached hydrogen (secondary N) is 2. The maximum absolute atomic E-state index is 12.7. The molecule has 3 rings (SSSR count). The van der Waals surface area contributed by atoms with Crippen molar-refractivity contribution in [3.05, 3.63) is 24.0 Å². The highest BCUT2D eigenvalue weighted by Crippen LogP contribution is 2.32. The van der Waals surface area contributed by atoms with Gasteiger partial charge in [-0.1, -0.05) is 11.8 Å². The lowest BCUT2D eigenvalue weighted by Gasteiger charge is -2.19. The second kappa shape index (κ2) is 7.96. The van der Waals surface area contributed by atoms with Crippen molar-refractivity contribution in [2.45, 2.75) is 11.3 Å². The highest BCUT2D eigenvalue weighted by atomic mass is 32.2. The molecule has 0 fully saturated rings. The molecule has 0 spiro atoms. The molecule has 0 saturated heterocycles. The Labute approximate surface area is 160 Å². The first-order valence-corrected chi connectivity index (χ1v) is 8.82. The molecule has 0 atom stereocenters. The van der Waals surface area contributed by atoms with E-state index in [1.54, 1.807) is 18.2 Å². The molecule has 1 aromatic carbocycles. The predicted molar refractivity (Wildman–Crippen MR) is 91.3 cm³/mol. The van der Waals surface area contributed by atoms with Crippen LogP contribution in [0.15, 0.2) is 23.4 Å². The molecular formula is C15H14F3N5O4S. The molecule has 9 nitrogen and oxygen atoms in total. The molecule has 0 saturated carbocycles. The Morgan fingerprint density at radius 3 is 2.61 bits per heavy atom. The Morgan fingerprint density at radius 2 is 1.93 bits per heavy atom. The van der Waals surface area contributed by atoms with Crippen LogP contribution >= 0.6 is 11.8 Å². The van der Waals surface area contributed by atoms with Crippen molar-refractivity contribution in [2.24, 2.45) is 7.05 Å². The van der Waals surface area contributed by atoms with Crippen molar-refractivity contribution in [1.29, 1.82) is 0 Å². The lowest BCUT2D eigenvalue weighted by Crippen LogP contribution is -2.35. The van der Waals surface area contributed by atoms with Gasteiger partial charge in [-0.15, -0.1) is 10.2 Å². The van der Waals surface area contributed by atoms with Crippen LogP contribution in [0.3, 0.4) is 0 Å². The van der Waals surface area contributed by atoms with Crippen LogP contribution in [0.4, 0.5) is 23.7 Å². The maximum atomic E-state index is 12.7. The molecule has 0 bridgehead atoms. The zero-order valence-electron chi connectivity index (χ0n) is 14.4. The van der Waals surface area contributed by atoms with Crippen LogP contribution in [0.1, 0.15) is 5.82 Å². The van der Waals surface area contributed by atoms with Gasteiger partial charge in [0, 0.05) is 18.8 Å². The number of anilines is 1. The molecule has 2 aromatic rings. The number of imide groups is 1. The van der Waals surface area contributed by atoms with Crippen molar-refractivity contribution in [1.82, 2.24) is 20.1 Å². The summed E-state index contributed by atoms with van der Waals surface area (Å²) in [6, 6.07) is 3.95. The number of carbonyl (C=O) groups is 2. The Bertz CT molecular complexity index is 902. The SMILES string of the molecule is Cn1c(SCC(=O)NC(=O)Nc2ccc3c(c2)OCCO3)nnc1C(F)(F)F. The number of aromatic nitrogens is 3. The van der Waals surface area contributed by atoms with Crippen LogP contribution in [0, 0.1) is 0 Å². The van der Waals surface area contributed by atoms with Gasteiger partial charge in [0.15, 0.2) is 16.7 Å². The number of fused-ring (bicyclic) bond motifs is 1. The summed E-state index contributed by atoms with van der Waals surface area (Å²) in [5, 5.41) is 10.9. The van der Waals surface area contributed by atoms with Crippen molar-refractivity contribution >= 4 is 29.4 Å². The van der Waals surface area contributed by atoms with E-state index in [1.807, 2.05) is 0 Å². The maximum Gasteiger partial charge on any atom is 0.451 e. The average molecular weight is 417 g/mol. The Balaban J connectivity index is 1.51. The summed E-state index contributed by atoms with van der Waals surface area (Å²) >= 11 is 0.720. The fourth-order valence-corrected chi connectivity index (χ4v) is 2.97. The standard InChI is InChI=1S/C15H14F3N5O4S/c1-23-12(15(16,17)18)21-22-14(23)28-7-11(24)20-13(25)19-8-2-3-9-10(6-8)27-5-4-26-9/h2-3,6H,4-5,7H2,1H3,(H2,19,20,24,25). The number of hydrogen-bond donors (Lipinski definition) is 2. The lowest BCUT2D eigenvalue weighted by atomic mass is 10.2. The number of ether oxygens (including phenoxy) is 2. The fraction of sp³-hybridized carbons (Fsp3) is 0.333. The first-order valence-electron chi connectivity index (χ1n) is 7.84. The van der Waals surface area contributed by atoms with Gasteiger partial charge in [0.2, 0.25) is 11.7 Å². The Hall–Kier alpha value is -2.96. The minimum atomic E-state index is -4.65. The van der Waals surface area contributed by atoms with Gasteiger partial charge in [0.25, 0.3) is 0 Å². The molecule has 0 unspecified atom stereocenters. The number of thioether (sulfide) groups is 1. The molecule has 28 heavy (non-hydrogen) atoms. The summed E-state index contributed by atoms with van der Waals surface area (Å²) in [5.74, 6) is -1.19. The number of urea groups is 1. The van der Waals surface area contributed by atoms with Crippen LogP contribution < -0.4 is 20.1 Å². The van der Waals surface area contributed by atoms with E-state index in [0.717, 1.165) is 23.4 Å². The Morgan fingerprint density at radius 1 is 1.21 bits per heavy atom. The van der Waals surface area contributed by atoms with Crippen molar-refractivity contribution in [2.75, 3.05) is 24.3 Å². The van der Waals surface area contributed by atoms with Crippen LogP contribution in [0.25, 0.3) is 0 Å². The number of amides is 3. The van der Waals surface area contributed by atoms with E-state index in [0.29, 0.717) is 30.4 Å². The normalized spacial score (nSPS) is 13.1. The van der Waals surface area contributed by atoms with Gasteiger partial charge in [-0.2, -0.15) is 13.2 Å². The summed E-state index contributed by atoms with van der Waals surface area (Å²) in [6.45, 7) is 0.818. The first-order chi connectivity index (χ1) is 13.2. The summed E-state index contributed by atoms with van der Waals surface area (Å²) in [4.78, 5) is 23.7. The summed E-state index contributed by atoms with van der Waals surface area (Å²) in [5.41, 5.74) is 0.380. The highest BCUT2D eigenvalue weighted by Gasteiger charge is 2.37. The minimum absolute atomic E-state index is 0.102. The monoisotopic (exact) mass is 417 g/mol. The topological polar surface area (TPSA) is 107 Å². The fourth-order valence-electron chi connectivity index (χ4n) is 2.26. The van der Waals surface area contributed by atoms with Crippen LogP contribution in [0.2, 0.25) is 0 Å². The van der Waals surface area contributed by atoms with Crippen LogP contribution in [-0.2, 0) is 18.0 Å². The number of nitrogens with zero attached hydrogens (tertiary/aromatic N) is 3. The molecule has 13 heteroatoms. The van der Waals surface area contributed by atoms with Gasteiger partial charge in [0.05, 0.1) is 5.75 Å². The number of halogens is 3. The van der Waals surface area contributed by atoms with E-state index in [1.165, 1.54) is 0 Å². The number of benzene rings is 1. The number of hydrogen-bond acceptors (Lipinski definition) is 7. The zero-order valence-corrected chi connectivity index (χ0v) is 15.2. The smallest absolute Gasteiger partial charge is 0.451 e. The third kappa shape index (κ3) is 4.65. The van der Waals surface area contributed by atoms with Crippen LogP contribution in [-0.4, -0.2) is 45.7 Å². The highest BCUT2D eigenvalue weighted by molar-refractivity contribution is 7.99. The second-order valence-electron chi connectivity index (χ2n) is 5.51. The van der Waals surface area contributed by atoms with E-state index < -0.39 is 23.9 Å². The van der Waals surface area contributed by atoms with Gasteiger partial charge in [-0.25, -0.2) is 4.79 Å². The number of alkyl halides is 3. The number of carbonyl (C=O) groups excluding carboxylic acids is 2. The molecule has 150 valence electrons. The third-order valence-corrected chi connectivity index (χ3v) is 4.49. The van der Waals surface area contributed by atoms with Gasteiger partial charge in [-0.3, -0.25) is 10.1 Å². The van der Waals surface area contributed by atoms with Crippen LogP contribution in [0.5, 0.6) is 11.5 Å². The van der Waals surface area contributed by atoms with Gasteiger partial charge in [-0.05, 0) is 12.1 Å². The molecule has 0 radical (unpaired) electrons. The molecule has 1 aromatic heterocycles. The molecule has 2 heterocycles. The summed E-state index contributed by atoms with van der Waals surface area (Å²) < 4.78 is 49.5. The lowest BCUT2D eigenvalue weighted by molar-refractivity contribution is -0.147. The quantitative estimate of drug-likeness (QED) is 0.733. The van der Waals surface area contributed by atoms with E-state index in [4.69, 9.17) is 9.47 Å². The molecule has 1 aliphatic heterocycles. The second-order valence-corrected chi connectivity index (χ2v) is 6.45. The molecule has 1 aliphatic rings. The average Bonchev–Trinajstić information content (AvgIpc) is 3.00. The third-order valence-electron chi connectivity index (χ3n) is 3.47. The molecule has 3 amide bonds. The molecular weight excluding hydrogens is 403 g/mol. The Kier molecular flexibility index (Phi) is 5.63. The van der Waals surface area contributed by atoms with Gasteiger partial charge < -0.3 is 19.4 Å². The summed E-state index contributed by atoms with van der Waals surface area (Å²) in [7, 11) is 1.14. The van der Waals surface area contributed by atoms with E-state index in [9.17, 15) is 22.8 Å². The van der Waals surface area contributed by atoms with Gasteiger partial charge >= 0.3 is 12.2 Å². The van der Waals surface area contributed by atoms with Crippen molar-refractivity contribution in [3.63, 3.8) is 0 Å². The largest absolute Gasteiger partial charge is 0.486 e. The molecule has 0 aliphatic carbocycles. The molecule has 2 N–H and O–H groups in total. The zero-order chi connectivity index (χ0) is 20.3.